The number of rotatable bonds is 5. The van der Waals surface area contributed by atoms with E-state index in [0.717, 1.165) is 31.6 Å². The molecular weight excluding hydrogens is 204 g/mol. The lowest BCUT2D eigenvalue weighted by Crippen LogP contribution is -2.19. The molecule has 0 atom stereocenters. The van der Waals surface area contributed by atoms with E-state index in [0.29, 0.717) is 11.5 Å². The standard InChI is InChI=1S/C12H18N2O2/c1-13(2)7-8-14-6-5-10(12(15)16)11(14)9-3-4-9/h5-6,9H,3-4,7-8H2,1-2H3,(H,15,16). The first kappa shape index (κ1) is 11.2. The third-order valence-corrected chi connectivity index (χ3v) is 2.99. The summed E-state index contributed by atoms with van der Waals surface area (Å²) < 4.78 is 2.10. The third-order valence-electron chi connectivity index (χ3n) is 2.99. The molecule has 1 aromatic rings. The lowest BCUT2D eigenvalue weighted by molar-refractivity contribution is 0.0695. The van der Waals surface area contributed by atoms with Crippen LogP contribution >= 0.6 is 0 Å². The van der Waals surface area contributed by atoms with Gasteiger partial charge >= 0.3 is 5.97 Å². The van der Waals surface area contributed by atoms with Crippen LogP contribution in [0, 0.1) is 0 Å². The molecule has 1 heterocycles. The molecule has 0 radical (unpaired) electrons. The Kier molecular flexibility index (Phi) is 3.01. The number of carboxylic acid groups (broad SMARTS) is 1. The van der Waals surface area contributed by atoms with Gasteiger partial charge in [0.2, 0.25) is 0 Å². The Labute approximate surface area is 95.5 Å². The fourth-order valence-corrected chi connectivity index (χ4v) is 1.98. The second kappa shape index (κ2) is 4.29. The first-order valence-electron chi connectivity index (χ1n) is 5.66. The predicted molar refractivity (Wildman–Crippen MR) is 61.9 cm³/mol. The summed E-state index contributed by atoms with van der Waals surface area (Å²) in [4.78, 5) is 13.2. The maximum Gasteiger partial charge on any atom is 0.337 e. The van der Waals surface area contributed by atoms with E-state index in [-0.39, 0.29) is 0 Å². The van der Waals surface area contributed by atoms with Gasteiger partial charge in [-0.05, 0) is 33.0 Å². The van der Waals surface area contributed by atoms with E-state index < -0.39 is 5.97 Å². The molecule has 1 aliphatic rings. The van der Waals surface area contributed by atoms with E-state index in [2.05, 4.69) is 9.47 Å². The second-order valence-corrected chi connectivity index (χ2v) is 4.69. The van der Waals surface area contributed by atoms with Crippen LogP contribution < -0.4 is 0 Å². The molecule has 0 bridgehead atoms. The molecule has 1 aromatic heterocycles. The van der Waals surface area contributed by atoms with Crippen molar-refractivity contribution in [1.29, 1.82) is 0 Å². The summed E-state index contributed by atoms with van der Waals surface area (Å²) in [6.45, 7) is 1.81. The normalized spacial score (nSPS) is 15.7. The molecule has 0 amide bonds. The molecule has 1 aliphatic carbocycles. The van der Waals surface area contributed by atoms with Crippen molar-refractivity contribution < 1.29 is 9.90 Å². The summed E-state index contributed by atoms with van der Waals surface area (Å²) in [5, 5.41) is 9.11. The Bertz CT molecular complexity index is 392. The van der Waals surface area contributed by atoms with Crippen LogP contribution in [0.3, 0.4) is 0 Å². The zero-order chi connectivity index (χ0) is 11.7. The molecule has 1 N–H and O–H groups in total. The van der Waals surface area contributed by atoms with Gasteiger partial charge in [0.25, 0.3) is 0 Å². The number of aromatic carboxylic acids is 1. The summed E-state index contributed by atoms with van der Waals surface area (Å²) in [5.74, 6) is -0.325. The van der Waals surface area contributed by atoms with Crippen LogP contribution in [0.1, 0.15) is 34.8 Å². The monoisotopic (exact) mass is 222 g/mol. The summed E-state index contributed by atoms with van der Waals surface area (Å²) in [6.07, 6.45) is 4.17. The van der Waals surface area contributed by atoms with Crippen LogP contribution in [-0.4, -0.2) is 41.2 Å². The van der Waals surface area contributed by atoms with Gasteiger partial charge in [-0.25, -0.2) is 4.79 Å². The van der Waals surface area contributed by atoms with Gasteiger partial charge in [-0.15, -0.1) is 0 Å². The largest absolute Gasteiger partial charge is 0.478 e. The van der Waals surface area contributed by atoms with Crippen molar-refractivity contribution in [1.82, 2.24) is 9.47 Å². The third kappa shape index (κ3) is 2.27. The number of nitrogens with zero attached hydrogens (tertiary/aromatic N) is 2. The average Bonchev–Trinajstić information content (AvgIpc) is 2.95. The molecule has 1 fully saturated rings. The number of carbonyl (C=O) groups is 1. The van der Waals surface area contributed by atoms with Crippen LogP contribution in [0.2, 0.25) is 0 Å². The maximum atomic E-state index is 11.1. The zero-order valence-electron chi connectivity index (χ0n) is 9.81. The molecule has 0 aromatic carbocycles. The Morgan fingerprint density at radius 2 is 2.25 bits per heavy atom. The number of likely N-dealkylation sites (N-methyl/N-ethyl adjacent to an activating group) is 1. The van der Waals surface area contributed by atoms with E-state index in [1.54, 1.807) is 6.07 Å². The second-order valence-electron chi connectivity index (χ2n) is 4.69. The van der Waals surface area contributed by atoms with Crippen LogP contribution in [0.15, 0.2) is 12.3 Å². The smallest absolute Gasteiger partial charge is 0.337 e. The highest BCUT2D eigenvalue weighted by molar-refractivity contribution is 5.89. The summed E-state index contributed by atoms with van der Waals surface area (Å²) >= 11 is 0. The van der Waals surface area contributed by atoms with E-state index >= 15 is 0 Å². The summed E-state index contributed by atoms with van der Waals surface area (Å²) in [7, 11) is 4.05. The van der Waals surface area contributed by atoms with E-state index in [4.69, 9.17) is 5.11 Å². The molecule has 0 saturated heterocycles. The van der Waals surface area contributed by atoms with Crippen molar-refractivity contribution in [2.75, 3.05) is 20.6 Å². The number of carboxylic acids is 1. The van der Waals surface area contributed by atoms with Crippen LogP contribution in [0.5, 0.6) is 0 Å². The molecular formula is C12H18N2O2. The van der Waals surface area contributed by atoms with E-state index in [1.807, 2.05) is 20.3 Å². The fourth-order valence-electron chi connectivity index (χ4n) is 1.98. The highest BCUT2D eigenvalue weighted by atomic mass is 16.4. The fraction of sp³-hybridized carbons (Fsp3) is 0.583. The quantitative estimate of drug-likeness (QED) is 0.823. The topological polar surface area (TPSA) is 45.5 Å². The van der Waals surface area contributed by atoms with Crippen molar-refractivity contribution in [3.8, 4) is 0 Å². The summed E-state index contributed by atoms with van der Waals surface area (Å²) in [5.41, 5.74) is 1.51. The zero-order valence-corrected chi connectivity index (χ0v) is 9.81. The molecule has 0 aliphatic heterocycles. The Morgan fingerprint density at radius 3 is 2.75 bits per heavy atom. The molecule has 4 nitrogen and oxygen atoms in total. The summed E-state index contributed by atoms with van der Waals surface area (Å²) in [6, 6.07) is 1.73. The van der Waals surface area contributed by atoms with Crippen molar-refractivity contribution in [3.05, 3.63) is 23.5 Å². The molecule has 0 unspecified atom stereocenters. The van der Waals surface area contributed by atoms with E-state index in [1.165, 1.54) is 0 Å². The van der Waals surface area contributed by atoms with Gasteiger partial charge < -0.3 is 14.6 Å². The van der Waals surface area contributed by atoms with Crippen molar-refractivity contribution >= 4 is 5.97 Å². The highest BCUT2D eigenvalue weighted by Gasteiger charge is 2.31. The SMILES string of the molecule is CN(C)CCn1ccc(C(=O)O)c1C1CC1. The van der Waals surface area contributed by atoms with Crippen molar-refractivity contribution in [2.45, 2.75) is 25.3 Å². The molecule has 2 rings (SSSR count). The Hall–Kier alpha value is -1.29. The average molecular weight is 222 g/mol. The number of hydrogen-bond donors (Lipinski definition) is 1. The molecule has 88 valence electrons. The Balaban J connectivity index is 2.20. The minimum atomic E-state index is -0.800. The number of aromatic nitrogens is 1. The lowest BCUT2D eigenvalue weighted by atomic mass is 10.2. The van der Waals surface area contributed by atoms with Gasteiger partial charge in [-0.3, -0.25) is 0 Å². The predicted octanol–water partition coefficient (Wildman–Crippen LogP) is 1.63. The maximum absolute atomic E-state index is 11.1. The highest BCUT2D eigenvalue weighted by Crippen LogP contribution is 2.42. The van der Waals surface area contributed by atoms with Crippen LogP contribution in [-0.2, 0) is 6.54 Å². The molecule has 16 heavy (non-hydrogen) atoms. The van der Waals surface area contributed by atoms with E-state index in [9.17, 15) is 4.79 Å². The molecule has 0 spiro atoms. The Morgan fingerprint density at radius 1 is 1.56 bits per heavy atom. The molecule has 1 saturated carbocycles. The van der Waals surface area contributed by atoms with Gasteiger partial charge in [-0.2, -0.15) is 0 Å². The van der Waals surface area contributed by atoms with Gasteiger partial charge in [-0.1, -0.05) is 0 Å². The van der Waals surface area contributed by atoms with Crippen LogP contribution in [0.4, 0.5) is 0 Å². The van der Waals surface area contributed by atoms with Crippen molar-refractivity contribution in [3.63, 3.8) is 0 Å². The molecule has 4 heteroatoms. The first-order valence-corrected chi connectivity index (χ1v) is 5.66. The van der Waals surface area contributed by atoms with Crippen molar-refractivity contribution in [2.24, 2.45) is 0 Å². The van der Waals surface area contributed by atoms with Gasteiger partial charge in [0.05, 0.1) is 5.56 Å². The van der Waals surface area contributed by atoms with Crippen LogP contribution in [0.25, 0.3) is 0 Å². The minimum Gasteiger partial charge on any atom is -0.478 e. The van der Waals surface area contributed by atoms with Gasteiger partial charge in [0.15, 0.2) is 0 Å². The minimum absolute atomic E-state index is 0.475. The van der Waals surface area contributed by atoms with Gasteiger partial charge in [0.1, 0.15) is 0 Å². The van der Waals surface area contributed by atoms with Gasteiger partial charge in [0, 0.05) is 30.9 Å². The number of hydrogen-bond acceptors (Lipinski definition) is 2. The first-order chi connectivity index (χ1) is 7.59. The lowest BCUT2D eigenvalue weighted by Gasteiger charge is -2.13.